The zero-order chi connectivity index (χ0) is 20.5. The van der Waals surface area contributed by atoms with Crippen LogP contribution in [0.2, 0.25) is 0 Å². The highest BCUT2D eigenvalue weighted by Gasteiger charge is 2.26. The maximum Gasteiger partial charge on any atom is 0.342 e. The number of thiophene rings is 1. The van der Waals surface area contributed by atoms with Gasteiger partial charge in [0, 0.05) is 5.38 Å². The molecule has 0 bridgehead atoms. The molecule has 0 unspecified atom stereocenters. The molecule has 0 aliphatic carbocycles. The summed E-state index contributed by atoms with van der Waals surface area (Å²) in [7, 11) is 1.50. The van der Waals surface area contributed by atoms with Crippen molar-refractivity contribution in [3.8, 4) is 11.5 Å². The van der Waals surface area contributed by atoms with Crippen LogP contribution in [0.5, 0.6) is 11.5 Å². The largest absolute Gasteiger partial charge is 0.493 e. The molecule has 2 aromatic rings. The van der Waals surface area contributed by atoms with Gasteiger partial charge in [-0.2, -0.15) is 0 Å². The molecule has 0 saturated heterocycles. The van der Waals surface area contributed by atoms with E-state index in [1.165, 1.54) is 12.5 Å². The molecular formula is C19H21NO7S. The molecule has 9 heteroatoms. The molecule has 0 fully saturated rings. The third-order valence-corrected chi connectivity index (χ3v) is 4.34. The van der Waals surface area contributed by atoms with Crippen molar-refractivity contribution in [2.45, 2.75) is 13.8 Å². The van der Waals surface area contributed by atoms with Gasteiger partial charge in [0.15, 0.2) is 18.1 Å². The number of amides is 1. The third kappa shape index (κ3) is 5.23. The summed E-state index contributed by atoms with van der Waals surface area (Å²) < 4.78 is 20.6. The van der Waals surface area contributed by atoms with Gasteiger partial charge in [-0.05, 0) is 26.0 Å². The first-order chi connectivity index (χ1) is 13.5. The van der Waals surface area contributed by atoms with Gasteiger partial charge in [-0.15, -0.1) is 11.3 Å². The average molecular weight is 407 g/mol. The fraction of sp³-hybridized carbons (Fsp3) is 0.316. The van der Waals surface area contributed by atoms with Crippen LogP contribution in [0.15, 0.2) is 29.6 Å². The Balaban J connectivity index is 2.14. The van der Waals surface area contributed by atoms with Gasteiger partial charge in [0.1, 0.15) is 10.6 Å². The van der Waals surface area contributed by atoms with Crippen LogP contribution < -0.4 is 14.8 Å². The van der Waals surface area contributed by atoms with Crippen LogP contribution in [0.4, 0.5) is 5.00 Å². The van der Waals surface area contributed by atoms with Gasteiger partial charge in [-0.25, -0.2) is 9.59 Å². The van der Waals surface area contributed by atoms with E-state index in [2.05, 4.69) is 5.32 Å². The third-order valence-electron chi connectivity index (χ3n) is 3.45. The van der Waals surface area contributed by atoms with E-state index in [1.807, 2.05) is 0 Å². The number of esters is 2. The lowest BCUT2D eigenvalue weighted by atomic mass is 10.2. The molecule has 1 aromatic heterocycles. The van der Waals surface area contributed by atoms with Crippen molar-refractivity contribution in [2.24, 2.45) is 0 Å². The Hall–Kier alpha value is -3.07. The minimum absolute atomic E-state index is 0.0315. The van der Waals surface area contributed by atoms with E-state index in [1.54, 1.807) is 38.1 Å². The highest BCUT2D eigenvalue weighted by molar-refractivity contribution is 7.15. The van der Waals surface area contributed by atoms with Crippen molar-refractivity contribution in [3.63, 3.8) is 0 Å². The number of carbonyl (C=O) groups excluding carboxylic acids is 3. The molecule has 150 valence electrons. The van der Waals surface area contributed by atoms with Gasteiger partial charge < -0.3 is 24.3 Å². The second-order valence-electron chi connectivity index (χ2n) is 5.28. The van der Waals surface area contributed by atoms with Crippen LogP contribution in [0, 0.1) is 0 Å². The number of benzene rings is 1. The van der Waals surface area contributed by atoms with Gasteiger partial charge in [0.25, 0.3) is 5.91 Å². The van der Waals surface area contributed by atoms with E-state index in [-0.39, 0.29) is 35.9 Å². The predicted molar refractivity (Wildman–Crippen MR) is 103 cm³/mol. The number of anilines is 1. The molecule has 0 aliphatic heterocycles. The zero-order valence-electron chi connectivity index (χ0n) is 15.8. The van der Waals surface area contributed by atoms with E-state index in [9.17, 15) is 14.4 Å². The number of para-hydroxylation sites is 2. The zero-order valence-corrected chi connectivity index (χ0v) is 16.6. The van der Waals surface area contributed by atoms with Crippen molar-refractivity contribution >= 4 is 34.2 Å². The van der Waals surface area contributed by atoms with Crippen LogP contribution in [-0.2, 0) is 14.3 Å². The smallest absolute Gasteiger partial charge is 0.342 e. The lowest BCUT2D eigenvalue weighted by Gasteiger charge is -2.11. The summed E-state index contributed by atoms with van der Waals surface area (Å²) in [6.07, 6.45) is 0. The first kappa shape index (κ1) is 21.2. The van der Waals surface area contributed by atoms with Crippen LogP contribution in [0.25, 0.3) is 0 Å². The predicted octanol–water partition coefficient (Wildman–Crippen LogP) is 3.13. The Morgan fingerprint density at radius 3 is 2.29 bits per heavy atom. The fourth-order valence-electron chi connectivity index (χ4n) is 2.26. The number of methoxy groups -OCH3 is 1. The van der Waals surface area contributed by atoms with E-state index in [4.69, 9.17) is 18.9 Å². The van der Waals surface area contributed by atoms with E-state index < -0.39 is 17.8 Å². The SMILES string of the molecule is CCOC(=O)c1csc(NC(=O)COc2ccccc2OC)c1C(=O)OCC. The number of hydrogen-bond acceptors (Lipinski definition) is 8. The van der Waals surface area contributed by atoms with Crippen molar-refractivity contribution in [2.75, 3.05) is 32.2 Å². The normalized spacial score (nSPS) is 10.1. The van der Waals surface area contributed by atoms with Crippen LogP contribution >= 0.6 is 11.3 Å². The Bertz CT molecular complexity index is 847. The maximum atomic E-state index is 12.3. The van der Waals surface area contributed by atoms with Crippen LogP contribution in [0.3, 0.4) is 0 Å². The standard InChI is InChI=1S/C19H21NO7S/c1-4-25-18(22)12-11-28-17(16(12)19(23)26-5-2)20-15(21)10-27-14-9-7-6-8-13(14)24-3/h6-9,11H,4-5,10H2,1-3H3,(H,20,21). The molecule has 1 amide bonds. The van der Waals surface area contributed by atoms with E-state index >= 15 is 0 Å². The minimum atomic E-state index is -0.715. The number of carbonyl (C=O) groups is 3. The summed E-state index contributed by atoms with van der Waals surface area (Å²) in [5.74, 6) is -0.985. The molecule has 0 atom stereocenters. The summed E-state index contributed by atoms with van der Waals surface area (Å²) in [5.41, 5.74) is 0.0159. The first-order valence-electron chi connectivity index (χ1n) is 8.53. The second kappa shape index (κ2) is 10.3. The van der Waals surface area contributed by atoms with Gasteiger partial charge in [0.05, 0.1) is 25.9 Å². The molecular weight excluding hydrogens is 386 g/mol. The van der Waals surface area contributed by atoms with Crippen LogP contribution in [0.1, 0.15) is 34.6 Å². The van der Waals surface area contributed by atoms with Crippen molar-refractivity contribution in [3.05, 3.63) is 40.8 Å². The highest BCUT2D eigenvalue weighted by atomic mass is 32.1. The van der Waals surface area contributed by atoms with Crippen LogP contribution in [-0.4, -0.2) is 44.8 Å². The lowest BCUT2D eigenvalue weighted by Crippen LogP contribution is -2.22. The monoisotopic (exact) mass is 407 g/mol. The Morgan fingerprint density at radius 2 is 1.64 bits per heavy atom. The summed E-state index contributed by atoms with van der Waals surface area (Å²) in [6.45, 7) is 3.28. The molecule has 1 aromatic carbocycles. The van der Waals surface area contributed by atoms with Crippen molar-refractivity contribution in [1.82, 2.24) is 0 Å². The molecule has 8 nitrogen and oxygen atoms in total. The maximum absolute atomic E-state index is 12.3. The van der Waals surface area contributed by atoms with Gasteiger partial charge >= 0.3 is 11.9 Å². The van der Waals surface area contributed by atoms with Gasteiger partial charge in [0.2, 0.25) is 0 Å². The minimum Gasteiger partial charge on any atom is -0.493 e. The summed E-state index contributed by atoms with van der Waals surface area (Å²) in [5, 5.41) is 4.22. The average Bonchev–Trinajstić information content (AvgIpc) is 3.10. The molecule has 1 heterocycles. The molecule has 28 heavy (non-hydrogen) atoms. The molecule has 0 saturated carbocycles. The number of rotatable bonds is 9. The fourth-order valence-corrected chi connectivity index (χ4v) is 3.19. The Labute approximate surface area is 166 Å². The second-order valence-corrected chi connectivity index (χ2v) is 6.16. The Morgan fingerprint density at radius 1 is 1.00 bits per heavy atom. The molecule has 2 rings (SSSR count). The Kier molecular flexibility index (Phi) is 7.82. The van der Waals surface area contributed by atoms with Crippen molar-refractivity contribution < 1.29 is 33.3 Å². The molecule has 1 N–H and O–H groups in total. The topological polar surface area (TPSA) is 100 Å². The first-order valence-corrected chi connectivity index (χ1v) is 9.41. The highest BCUT2D eigenvalue weighted by Crippen LogP contribution is 2.30. The number of hydrogen-bond donors (Lipinski definition) is 1. The quantitative estimate of drug-likeness (QED) is 0.638. The van der Waals surface area contributed by atoms with Gasteiger partial charge in [-0.1, -0.05) is 12.1 Å². The van der Waals surface area contributed by atoms with E-state index in [0.717, 1.165) is 11.3 Å². The summed E-state index contributed by atoms with van der Waals surface area (Å²) in [6, 6.07) is 6.90. The van der Waals surface area contributed by atoms with Crippen molar-refractivity contribution in [1.29, 1.82) is 0 Å². The van der Waals surface area contributed by atoms with E-state index in [0.29, 0.717) is 11.5 Å². The molecule has 0 radical (unpaired) electrons. The summed E-state index contributed by atoms with van der Waals surface area (Å²) in [4.78, 5) is 36.6. The molecule has 0 spiro atoms. The summed E-state index contributed by atoms with van der Waals surface area (Å²) >= 11 is 1.03. The van der Waals surface area contributed by atoms with Gasteiger partial charge in [-0.3, -0.25) is 4.79 Å². The lowest BCUT2D eigenvalue weighted by molar-refractivity contribution is -0.118. The number of ether oxygens (including phenoxy) is 4. The molecule has 0 aliphatic rings. The number of nitrogens with one attached hydrogen (secondary N) is 1.